The molecule has 2 heterocycles. The van der Waals surface area contributed by atoms with E-state index in [-0.39, 0.29) is 6.04 Å². The lowest BCUT2D eigenvalue weighted by atomic mass is 10.0. The minimum Gasteiger partial charge on any atom is -0.493 e. The summed E-state index contributed by atoms with van der Waals surface area (Å²) >= 11 is 0. The molecule has 0 aliphatic carbocycles. The average Bonchev–Trinajstić information content (AvgIpc) is 2.99. The van der Waals surface area contributed by atoms with E-state index in [4.69, 9.17) is 14.9 Å². The Balaban J connectivity index is 1.67. The minimum atomic E-state index is 0.139. The zero-order chi connectivity index (χ0) is 13.8. The van der Waals surface area contributed by atoms with Crippen LogP contribution < -0.4 is 15.8 Å². The number of nitrogens with zero attached hydrogens (tertiary/aromatic N) is 1. The first-order valence-corrected chi connectivity index (χ1v) is 6.63. The van der Waals surface area contributed by atoms with Gasteiger partial charge in [0, 0.05) is 12.0 Å². The summed E-state index contributed by atoms with van der Waals surface area (Å²) in [5, 5.41) is 3.24. The van der Waals surface area contributed by atoms with Crippen LogP contribution in [-0.2, 0) is 6.54 Å². The summed E-state index contributed by atoms with van der Waals surface area (Å²) in [7, 11) is 0. The van der Waals surface area contributed by atoms with E-state index in [1.807, 2.05) is 36.4 Å². The Labute approximate surface area is 117 Å². The monoisotopic (exact) mass is 271 g/mol. The van der Waals surface area contributed by atoms with Crippen molar-refractivity contribution in [3.63, 3.8) is 0 Å². The van der Waals surface area contributed by atoms with Crippen LogP contribution in [0.15, 0.2) is 52.1 Å². The molecule has 0 spiro atoms. The van der Waals surface area contributed by atoms with Gasteiger partial charge in [0.2, 0.25) is 0 Å². The molecule has 1 unspecified atom stereocenters. The van der Waals surface area contributed by atoms with Gasteiger partial charge >= 0.3 is 0 Å². The van der Waals surface area contributed by atoms with E-state index in [1.165, 1.54) is 0 Å². The number of fused-ring (bicyclic) bond motifs is 1. The maximum Gasteiger partial charge on any atom is 0.189 e. The van der Waals surface area contributed by atoms with E-state index in [0.29, 0.717) is 19.1 Å². The van der Waals surface area contributed by atoms with Crippen LogP contribution >= 0.6 is 0 Å². The maximum absolute atomic E-state index is 5.93. The second-order valence-corrected chi connectivity index (χ2v) is 4.65. The third kappa shape index (κ3) is 2.77. The van der Waals surface area contributed by atoms with Gasteiger partial charge in [-0.3, -0.25) is 0 Å². The van der Waals surface area contributed by atoms with Crippen molar-refractivity contribution in [2.24, 2.45) is 10.7 Å². The molecule has 104 valence electrons. The number of para-hydroxylation sites is 1. The largest absolute Gasteiger partial charge is 0.493 e. The molecule has 1 aromatic carbocycles. The van der Waals surface area contributed by atoms with Crippen molar-refractivity contribution in [3.05, 3.63) is 54.0 Å². The molecule has 3 rings (SSSR count). The maximum atomic E-state index is 5.93. The van der Waals surface area contributed by atoms with E-state index < -0.39 is 0 Å². The first-order valence-electron chi connectivity index (χ1n) is 6.63. The SMILES string of the molecule is NC(=NCc1ccco1)NC1CCOc2ccccc21. The van der Waals surface area contributed by atoms with Gasteiger partial charge < -0.3 is 20.2 Å². The van der Waals surface area contributed by atoms with Gasteiger partial charge in [-0.05, 0) is 18.2 Å². The lowest BCUT2D eigenvalue weighted by Gasteiger charge is -2.26. The Hall–Kier alpha value is -2.43. The van der Waals surface area contributed by atoms with Crippen molar-refractivity contribution >= 4 is 5.96 Å². The number of nitrogens with one attached hydrogen (secondary N) is 1. The molecule has 0 fully saturated rings. The molecule has 1 aromatic heterocycles. The van der Waals surface area contributed by atoms with Crippen LogP contribution in [0.1, 0.15) is 23.8 Å². The van der Waals surface area contributed by atoms with Gasteiger partial charge in [0.25, 0.3) is 0 Å². The van der Waals surface area contributed by atoms with Crippen LogP contribution in [0.5, 0.6) is 5.75 Å². The Kier molecular flexibility index (Phi) is 3.58. The van der Waals surface area contributed by atoms with Crippen LogP contribution in [0, 0.1) is 0 Å². The molecule has 1 aliphatic rings. The normalized spacial score (nSPS) is 18.2. The predicted octanol–water partition coefficient (Wildman–Crippen LogP) is 2.21. The second-order valence-electron chi connectivity index (χ2n) is 4.65. The quantitative estimate of drug-likeness (QED) is 0.663. The zero-order valence-electron chi connectivity index (χ0n) is 11.1. The molecule has 0 amide bonds. The number of hydrogen-bond donors (Lipinski definition) is 2. The van der Waals surface area contributed by atoms with Gasteiger partial charge in [-0.15, -0.1) is 0 Å². The molecule has 5 heteroatoms. The fourth-order valence-corrected chi connectivity index (χ4v) is 2.28. The van der Waals surface area contributed by atoms with Gasteiger partial charge in [-0.1, -0.05) is 18.2 Å². The summed E-state index contributed by atoms with van der Waals surface area (Å²) < 4.78 is 10.8. The molecule has 1 aliphatic heterocycles. The molecule has 1 atom stereocenters. The van der Waals surface area contributed by atoms with E-state index >= 15 is 0 Å². The highest BCUT2D eigenvalue weighted by Gasteiger charge is 2.21. The van der Waals surface area contributed by atoms with Crippen molar-refractivity contribution in [1.29, 1.82) is 0 Å². The number of benzene rings is 1. The Morgan fingerprint density at radius 2 is 2.20 bits per heavy atom. The number of furan rings is 1. The van der Waals surface area contributed by atoms with Crippen LogP contribution in [0.25, 0.3) is 0 Å². The number of hydrogen-bond acceptors (Lipinski definition) is 3. The Morgan fingerprint density at radius 3 is 3.05 bits per heavy atom. The van der Waals surface area contributed by atoms with E-state index in [9.17, 15) is 0 Å². The van der Waals surface area contributed by atoms with Gasteiger partial charge in [0.05, 0.1) is 18.9 Å². The van der Waals surface area contributed by atoms with E-state index in [0.717, 1.165) is 23.5 Å². The highest BCUT2D eigenvalue weighted by molar-refractivity contribution is 5.78. The van der Waals surface area contributed by atoms with Crippen molar-refractivity contribution < 1.29 is 9.15 Å². The summed E-state index contributed by atoms with van der Waals surface area (Å²) in [6.45, 7) is 1.12. The highest BCUT2D eigenvalue weighted by Crippen LogP contribution is 2.31. The van der Waals surface area contributed by atoms with E-state index in [2.05, 4.69) is 10.3 Å². The fourth-order valence-electron chi connectivity index (χ4n) is 2.28. The number of aliphatic imine (C=N–C) groups is 1. The van der Waals surface area contributed by atoms with Crippen LogP contribution in [0.4, 0.5) is 0 Å². The fraction of sp³-hybridized carbons (Fsp3) is 0.267. The van der Waals surface area contributed by atoms with Crippen LogP contribution in [0.3, 0.4) is 0 Å². The van der Waals surface area contributed by atoms with Crippen LogP contribution in [0.2, 0.25) is 0 Å². The van der Waals surface area contributed by atoms with Crippen molar-refractivity contribution in [1.82, 2.24) is 5.32 Å². The zero-order valence-corrected chi connectivity index (χ0v) is 11.1. The molecule has 0 saturated heterocycles. The van der Waals surface area contributed by atoms with Gasteiger partial charge in [0.1, 0.15) is 18.1 Å². The molecular weight excluding hydrogens is 254 g/mol. The summed E-state index contributed by atoms with van der Waals surface area (Å²) in [5.74, 6) is 2.13. The summed E-state index contributed by atoms with van der Waals surface area (Å²) in [6.07, 6.45) is 2.50. The molecular formula is C15H17N3O2. The highest BCUT2D eigenvalue weighted by atomic mass is 16.5. The predicted molar refractivity (Wildman–Crippen MR) is 76.5 cm³/mol. The number of rotatable bonds is 3. The minimum absolute atomic E-state index is 0.139. The second kappa shape index (κ2) is 5.69. The Bertz CT molecular complexity index is 593. The smallest absolute Gasteiger partial charge is 0.189 e. The molecule has 0 bridgehead atoms. The lowest BCUT2D eigenvalue weighted by molar-refractivity contribution is 0.262. The number of guanidine groups is 1. The average molecular weight is 271 g/mol. The van der Waals surface area contributed by atoms with Crippen LogP contribution in [-0.4, -0.2) is 12.6 Å². The molecule has 5 nitrogen and oxygen atoms in total. The molecule has 3 N–H and O–H groups in total. The van der Waals surface area contributed by atoms with Crippen molar-refractivity contribution in [2.75, 3.05) is 6.61 Å². The summed E-state index contributed by atoms with van der Waals surface area (Å²) in [6, 6.07) is 11.8. The number of nitrogens with two attached hydrogens (primary N) is 1. The van der Waals surface area contributed by atoms with Gasteiger partial charge in [-0.2, -0.15) is 0 Å². The third-order valence-corrected chi connectivity index (χ3v) is 3.27. The molecule has 0 saturated carbocycles. The molecule has 2 aromatic rings. The first-order chi connectivity index (χ1) is 9.83. The van der Waals surface area contributed by atoms with E-state index in [1.54, 1.807) is 6.26 Å². The third-order valence-electron chi connectivity index (χ3n) is 3.27. The first kappa shape index (κ1) is 12.6. The Morgan fingerprint density at radius 1 is 1.30 bits per heavy atom. The van der Waals surface area contributed by atoms with Gasteiger partial charge in [0.15, 0.2) is 5.96 Å². The lowest BCUT2D eigenvalue weighted by Crippen LogP contribution is -2.37. The standard InChI is InChI=1S/C15H17N3O2/c16-15(17-10-11-4-3-8-19-11)18-13-7-9-20-14-6-2-1-5-12(13)14/h1-6,8,13H,7,9-10H2,(H3,16,17,18). The van der Waals surface area contributed by atoms with Gasteiger partial charge in [-0.25, -0.2) is 4.99 Å². The number of ether oxygens (including phenoxy) is 1. The van der Waals surface area contributed by atoms with Crippen molar-refractivity contribution in [2.45, 2.75) is 19.0 Å². The summed E-state index contributed by atoms with van der Waals surface area (Å²) in [5.41, 5.74) is 7.05. The van der Waals surface area contributed by atoms with Crippen molar-refractivity contribution in [3.8, 4) is 5.75 Å². The topological polar surface area (TPSA) is 72.8 Å². The molecule has 20 heavy (non-hydrogen) atoms. The summed E-state index contributed by atoms with van der Waals surface area (Å²) in [4.78, 5) is 4.28. The molecule has 0 radical (unpaired) electrons.